The Morgan fingerprint density at radius 1 is 1.34 bits per heavy atom. The van der Waals surface area contributed by atoms with E-state index in [4.69, 9.17) is 16.3 Å². The number of aryl methyl sites for hydroxylation is 2. The minimum atomic E-state index is -3.46. The molecule has 32 heavy (non-hydrogen) atoms. The van der Waals surface area contributed by atoms with Crippen molar-refractivity contribution in [2.75, 3.05) is 11.0 Å². The Morgan fingerprint density at radius 3 is 2.72 bits per heavy atom. The van der Waals surface area contributed by atoms with E-state index in [2.05, 4.69) is 25.0 Å². The van der Waals surface area contributed by atoms with Crippen LogP contribution in [0.15, 0.2) is 24.4 Å². The molecule has 0 aromatic carbocycles. The van der Waals surface area contributed by atoms with Crippen LogP contribution in [0.4, 0.5) is 10.1 Å². The fourth-order valence-corrected chi connectivity index (χ4v) is 3.84. The molecule has 1 unspecified atom stereocenters. The molecule has 0 radical (unpaired) electrons. The zero-order chi connectivity index (χ0) is 23.6. The highest BCUT2D eigenvalue weighted by molar-refractivity contribution is 7.92. The summed E-state index contributed by atoms with van der Waals surface area (Å²) in [5.74, 6) is -1.45. The number of hydrogen-bond donors (Lipinski definition) is 1. The van der Waals surface area contributed by atoms with Crippen LogP contribution in [-0.2, 0) is 33.0 Å². The lowest BCUT2D eigenvalue weighted by Gasteiger charge is -2.15. The number of pyridine rings is 2. The predicted molar refractivity (Wildman–Crippen MR) is 115 cm³/mol. The Balaban J connectivity index is 1.81. The van der Waals surface area contributed by atoms with E-state index in [0.717, 1.165) is 6.26 Å². The van der Waals surface area contributed by atoms with Crippen LogP contribution in [-0.4, -0.2) is 45.6 Å². The summed E-state index contributed by atoms with van der Waals surface area (Å²) >= 11 is 5.91. The second kappa shape index (κ2) is 9.17. The molecule has 3 heterocycles. The van der Waals surface area contributed by atoms with Crippen molar-refractivity contribution in [3.8, 4) is 11.4 Å². The van der Waals surface area contributed by atoms with Crippen LogP contribution < -0.4 is 4.72 Å². The summed E-state index contributed by atoms with van der Waals surface area (Å²) in [6.07, 6.45) is 1.29. The number of anilines is 1. The van der Waals surface area contributed by atoms with E-state index in [1.807, 2.05) is 0 Å². The lowest BCUT2D eigenvalue weighted by Crippen LogP contribution is -2.15. The Labute approximate surface area is 188 Å². The van der Waals surface area contributed by atoms with Gasteiger partial charge in [-0.05, 0) is 32.0 Å². The lowest BCUT2D eigenvalue weighted by atomic mass is 10.1. The molecule has 3 rings (SSSR count). The van der Waals surface area contributed by atoms with Gasteiger partial charge in [-0.1, -0.05) is 16.8 Å². The van der Waals surface area contributed by atoms with Crippen molar-refractivity contribution in [2.24, 2.45) is 7.05 Å². The monoisotopic (exact) mass is 482 g/mol. The lowest BCUT2D eigenvalue weighted by molar-refractivity contribution is -0.147. The minimum absolute atomic E-state index is 0.182. The topological polar surface area (TPSA) is 129 Å². The van der Waals surface area contributed by atoms with Gasteiger partial charge >= 0.3 is 5.97 Å². The first-order valence-electron chi connectivity index (χ1n) is 9.30. The highest BCUT2D eigenvalue weighted by Gasteiger charge is 2.22. The van der Waals surface area contributed by atoms with E-state index >= 15 is 0 Å². The summed E-state index contributed by atoms with van der Waals surface area (Å²) < 4.78 is 45.7. The van der Waals surface area contributed by atoms with Crippen molar-refractivity contribution in [1.29, 1.82) is 0 Å². The van der Waals surface area contributed by atoms with Gasteiger partial charge < -0.3 is 4.74 Å². The van der Waals surface area contributed by atoms with Gasteiger partial charge in [-0.2, -0.15) is 4.39 Å². The molecule has 0 saturated heterocycles. The zero-order valence-electron chi connectivity index (χ0n) is 17.6. The number of ether oxygens (including phenoxy) is 1. The summed E-state index contributed by atoms with van der Waals surface area (Å²) in [5.41, 5.74) is 2.24. The standard InChI is InChI=1S/C19H20ClFN6O4S/c1-10-13(25-32(4,29)30)5-6-14(23-10)18-15(27(3)26-24-18)9-16(28)31-11(2)12-7-8-22-19(21)17(12)20/h5-8,11,25H,9H2,1-4H3. The van der Waals surface area contributed by atoms with Crippen LogP contribution in [0.1, 0.15) is 30.0 Å². The van der Waals surface area contributed by atoms with Crippen LogP contribution in [0, 0.1) is 12.9 Å². The van der Waals surface area contributed by atoms with Gasteiger partial charge in [-0.25, -0.2) is 18.4 Å². The molecule has 10 nitrogen and oxygen atoms in total. The summed E-state index contributed by atoms with van der Waals surface area (Å²) in [4.78, 5) is 20.4. The third kappa shape index (κ3) is 5.37. The van der Waals surface area contributed by atoms with Crippen LogP contribution in [0.3, 0.4) is 0 Å². The molecule has 0 bridgehead atoms. The van der Waals surface area contributed by atoms with Crippen molar-refractivity contribution in [3.05, 3.63) is 52.3 Å². The fourth-order valence-electron chi connectivity index (χ4n) is 2.96. The number of esters is 1. The van der Waals surface area contributed by atoms with E-state index in [0.29, 0.717) is 34.0 Å². The van der Waals surface area contributed by atoms with Crippen molar-refractivity contribution < 1.29 is 22.3 Å². The van der Waals surface area contributed by atoms with E-state index in [9.17, 15) is 17.6 Å². The molecule has 1 atom stereocenters. The molecule has 0 aliphatic carbocycles. The molecule has 13 heteroatoms. The molecule has 3 aromatic heterocycles. The average Bonchev–Trinajstić information content (AvgIpc) is 3.04. The summed E-state index contributed by atoms with van der Waals surface area (Å²) in [5, 5.41) is 7.81. The van der Waals surface area contributed by atoms with Crippen molar-refractivity contribution in [1.82, 2.24) is 25.0 Å². The predicted octanol–water partition coefficient (Wildman–Crippen LogP) is 2.59. The number of nitrogens with zero attached hydrogens (tertiary/aromatic N) is 5. The van der Waals surface area contributed by atoms with Gasteiger partial charge in [0.2, 0.25) is 16.0 Å². The molecule has 0 amide bonds. The number of carbonyl (C=O) groups is 1. The summed E-state index contributed by atoms with van der Waals surface area (Å²) in [6.45, 7) is 3.21. The number of hydrogen-bond acceptors (Lipinski definition) is 8. The third-order valence-electron chi connectivity index (χ3n) is 4.50. The normalized spacial score (nSPS) is 12.4. The Hall–Kier alpha value is -3.12. The first-order chi connectivity index (χ1) is 15.0. The van der Waals surface area contributed by atoms with Crippen molar-refractivity contribution in [2.45, 2.75) is 26.4 Å². The van der Waals surface area contributed by atoms with Gasteiger partial charge in [-0.3, -0.25) is 14.2 Å². The number of aromatic nitrogens is 5. The Bertz CT molecular complexity index is 1280. The van der Waals surface area contributed by atoms with Crippen LogP contribution in [0.5, 0.6) is 0 Å². The highest BCUT2D eigenvalue weighted by atomic mass is 35.5. The molecule has 3 aromatic rings. The number of carbonyl (C=O) groups excluding carboxylic acids is 1. The van der Waals surface area contributed by atoms with Crippen molar-refractivity contribution >= 4 is 33.3 Å². The van der Waals surface area contributed by atoms with Gasteiger partial charge in [0.1, 0.15) is 16.8 Å². The molecule has 170 valence electrons. The number of halogens is 2. The molecular weight excluding hydrogens is 463 g/mol. The molecule has 0 aliphatic heterocycles. The average molecular weight is 483 g/mol. The molecule has 0 spiro atoms. The smallest absolute Gasteiger partial charge is 0.312 e. The molecule has 0 aliphatic rings. The second-order valence-corrected chi connectivity index (χ2v) is 9.15. The Kier molecular flexibility index (Phi) is 6.74. The minimum Gasteiger partial charge on any atom is -0.457 e. The first-order valence-corrected chi connectivity index (χ1v) is 11.6. The number of sulfonamides is 1. The molecule has 0 fully saturated rings. The van der Waals surface area contributed by atoms with Gasteiger partial charge in [0.15, 0.2) is 0 Å². The molecular formula is C19H20ClFN6O4S. The van der Waals surface area contributed by atoms with Crippen LogP contribution >= 0.6 is 11.6 Å². The number of rotatable bonds is 7. The van der Waals surface area contributed by atoms with E-state index in [1.54, 1.807) is 33.0 Å². The van der Waals surface area contributed by atoms with Crippen LogP contribution in [0.25, 0.3) is 11.4 Å². The van der Waals surface area contributed by atoms with Crippen molar-refractivity contribution in [3.63, 3.8) is 0 Å². The third-order valence-corrected chi connectivity index (χ3v) is 5.47. The van der Waals surface area contributed by atoms with Gasteiger partial charge in [0.25, 0.3) is 0 Å². The molecule has 0 saturated carbocycles. The highest BCUT2D eigenvalue weighted by Crippen LogP contribution is 2.28. The van der Waals surface area contributed by atoms with Gasteiger partial charge in [0, 0.05) is 18.8 Å². The molecule has 1 N–H and O–H groups in total. The van der Waals surface area contributed by atoms with E-state index in [1.165, 1.54) is 16.9 Å². The van der Waals surface area contributed by atoms with Gasteiger partial charge in [0.05, 0.1) is 35.4 Å². The SMILES string of the molecule is Cc1nc(-c2nnn(C)c2CC(=O)OC(C)c2ccnc(F)c2Cl)ccc1NS(C)(=O)=O. The Morgan fingerprint density at radius 2 is 2.06 bits per heavy atom. The maximum atomic E-state index is 13.6. The largest absolute Gasteiger partial charge is 0.457 e. The zero-order valence-corrected chi connectivity index (χ0v) is 19.2. The number of nitrogens with one attached hydrogen (secondary N) is 1. The van der Waals surface area contributed by atoms with Gasteiger partial charge in [-0.15, -0.1) is 5.10 Å². The first kappa shape index (κ1) is 23.5. The van der Waals surface area contributed by atoms with Crippen LogP contribution in [0.2, 0.25) is 5.02 Å². The second-order valence-electron chi connectivity index (χ2n) is 7.03. The maximum absolute atomic E-state index is 13.6. The quantitative estimate of drug-likeness (QED) is 0.402. The maximum Gasteiger partial charge on any atom is 0.312 e. The summed E-state index contributed by atoms with van der Waals surface area (Å²) in [6, 6.07) is 4.60. The summed E-state index contributed by atoms with van der Waals surface area (Å²) in [7, 11) is -1.84. The fraction of sp³-hybridized carbons (Fsp3) is 0.316. The van der Waals surface area contributed by atoms with E-state index in [-0.39, 0.29) is 11.4 Å². The van der Waals surface area contributed by atoms with E-state index < -0.39 is 28.0 Å².